The Labute approximate surface area is 148 Å². The summed E-state index contributed by atoms with van der Waals surface area (Å²) in [4.78, 5) is 29.8. The number of nitrogens with one attached hydrogen (secondary N) is 2. The molecule has 0 unspecified atom stereocenters. The minimum Gasteiger partial charge on any atom is -0.369 e. The molecule has 0 saturated carbocycles. The highest BCUT2D eigenvalue weighted by Crippen LogP contribution is 2.36. The van der Waals surface area contributed by atoms with E-state index < -0.39 is 5.54 Å². The largest absolute Gasteiger partial charge is 0.369 e. The summed E-state index contributed by atoms with van der Waals surface area (Å²) in [6.45, 7) is 6.34. The summed E-state index contributed by atoms with van der Waals surface area (Å²) in [5.74, 6) is 0.418. The molecule has 0 aliphatic carbocycles. The normalized spacial score (nSPS) is 25.4. The highest BCUT2D eigenvalue weighted by Gasteiger charge is 2.45. The second kappa shape index (κ2) is 6.33. The van der Waals surface area contributed by atoms with Crippen molar-refractivity contribution in [2.45, 2.75) is 31.7 Å². The Kier molecular flexibility index (Phi) is 4.15. The molecule has 134 valence electrons. The van der Waals surface area contributed by atoms with E-state index in [0.717, 1.165) is 37.4 Å². The van der Waals surface area contributed by atoms with Crippen LogP contribution < -0.4 is 10.6 Å². The molecule has 0 radical (unpaired) electrons. The Morgan fingerprint density at radius 3 is 2.60 bits per heavy atom. The number of benzene rings is 1. The van der Waals surface area contributed by atoms with Gasteiger partial charge in [0.1, 0.15) is 5.54 Å². The summed E-state index contributed by atoms with van der Waals surface area (Å²) in [5, 5.41) is 6.47. The standard InChI is InChI=1S/C19H26N4O2/c1-2-22-10-7-14(13-22)17(24)23-11-8-19(9-12-23)18(25)20-15-5-3-4-6-16(15)21-19/h3-6,14,21H,2,7-13H2,1H3,(H,20,25)/t14-/m1/s1. The van der Waals surface area contributed by atoms with E-state index in [2.05, 4.69) is 22.5 Å². The lowest BCUT2D eigenvalue weighted by atomic mass is 9.84. The van der Waals surface area contributed by atoms with Gasteiger partial charge in [-0.1, -0.05) is 19.1 Å². The van der Waals surface area contributed by atoms with Crippen LogP contribution >= 0.6 is 0 Å². The number of amides is 2. The topological polar surface area (TPSA) is 64.7 Å². The monoisotopic (exact) mass is 342 g/mol. The zero-order valence-electron chi connectivity index (χ0n) is 14.8. The fraction of sp³-hybridized carbons (Fsp3) is 0.579. The summed E-state index contributed by atoms with van der Waals surface area (Å²) in [6.07, 6.45) is 2.27. The van der Waals surface area contributed by atoms with Gasteiger partial charge < -0.3 is 20.4 Å². The maximum atomic E-state index is 12.8. The van der Waals surface area contributed by atoms with Gasteiger partial charge in [0.05, 0.1) is 17.3 Å². The summed E-state index contributed by atoms with van der Waals surface area (Å²) < 4.78 is 0. The van der Waals surface area contributed by atoms with E-state index in [1.54, 1.807) is 0 Å². The molecule has 3 aliphatic rings. The van der Waals surface area contributed by atoms with E-state index in [0.29, 0.717) is 25.9 Å². The van der Waals surface area contributed by atoms with Crippen molar-refractivity contribution >= 4 is 23.2 Å². The van der Waals surface area contributed by atoms with E-state index in [1.807, 2.05) is 29.2 Å². The molecule has 0 aromatic heterocycles. The number of rotatable bonds is 2. The van der Waals surface area contributed by atoms with E-state index in [1.165, 1.54) is 0 Å². The van der Waals surface area contributed by atoms with Crippen LogP contribution in [0.1, 0.15) is 26.2 Å². The number of likely N-dealkylation sites (tertiary alicyclic amines) is 2. The third kappa shape index (κ3) is 2.88. The van der Waals surface area contributed by atoms with Crippen molar-refractivity contribution in [2.24, 2.45) is 5.92 Å². The first kappa shape index (κ1) is 16.4. The molecule has 1 aromatic carbocycles. The average molecular weight is 342 g/mol. The smallest absolute Gasteiger partial charge is 0.250 e. The van der Waals surface area contributed by atoms with Crippen LogP contribution in [0.2, 0.25) is 0 Å². The molecule has 0 bridgehead atoms. The molecule has 2 amide bonds. The molecule has 3 aliphatic heterocycles. The van der Waals surface area contributed by atoms with Gasteiger partial charge in [0.15, 0.2) is 0 Å². The highest BCUT2D eigenvalue weighted by atomic mass is 16.2. The molecular weight excluding hydrogens is 316 g/mol. The van der Waals surface area contributed by atoms with Crippen molar-refractivity contribution in [1.29, 1.82) is 0 Å². The van der Waals surface area contributed by atoms with Crippen molar-refractivity contribution in [3.05, 3.63) is 24.3 Å². The molecule has 1 atom stereocenters. The zero-order chi connectivity index (χ0) is 17.4. The number of carbonyl (C=O) groups excluding carboxylic acids is 2. The number of para-hydroxylation sites is 2. The summed E-state index contributed by atoms with van der Waals surface area (Å²) in [7, 11) is 0. The fourth-order valence-corrected chi connectivity index (χ4v) is 4.30. The van der Waals surface area contributed by atoms with Gasteiger partial charge in [-0.05, 0) is 44.5 Å². The van der Waals surface area contributed by atoms with Crippen molar-refractivity contribution in [1.82, 2.24) is 9.80 Å². The quantitative estimate of drug-likeness (QED) is 0.859. The molecular formula is C19H26N4O2. The maximum Gasteiger partial charge on any atom is 0.250 e. The predicted octanol–water partition coefficient (Wildman–Crippen LogP) is 1.75. The lowest BCUT2D eigenvalue weighted by Crippen LogP contribution is -2.59. The lowest BCUT2D eigenvalue weighted by molar-refractivity contribution is -0.138. The van der Waals surface area contributed by atoms with Crippen LogP contribution in [0.5, 0.6) is 0 Å². The van der Waals surface area contributed by atoms with Gasteiger partial charge in [-0.3, -0.25) is 9.59 Å². The lowest BCUT2D eigenvalue weighted by Gasteiger charge is -2.44. The average Bonchev–Trinajstić information content (AvgIpc) is 3.12. The SMILES string of the molecule is CCN1CC[C@@H](C(=O)N2CCC3(CC2)Nc2ccccc2NC3=O)C1. The first-order chi connectivity index (χ1) is 12.1. The minimum absolute atomic E-state index is 0.0244. The Morgan fingerprint density at radius 2 is 1.92 bits per heavy atom. The van der Waals surface area contributed by atoms with Crippen molar-refractivity contribution in [3.8, 4) is 0 Å². The van der Waals surface area contributed by atoms with E-state index in [-0.39, 0.29) is 17.7 Å². The predicted molar refractivity (Wildman–Crippen MR) is 97.5 cm³/mol. The molecule has 1 spiro atoms. The van der Waals surface area contributed by atoms with Gasteiger partial charge >= 0.3 is 0 Å². The Hall–Kier alpha value is -2.08. The molecule has 6 heteroatoms. The van der Waals surface area contributed by atoms with Crippen LogP contribution in [0.3, 0.4) is 0 Å². The number of anilines is 2. The summed E-state index contributed by atoms with van der Waals surface area (Å²) in [6, 6.07) is 7.79. The van der Waals surface area contributed by atoms with Crippen LogP contribution in [-0.2, 0) is 9.59 Å². The second-order valence-electron chi connectivity index (χ2n) is 7.41. The van der Waals surface area contributed by atoms with Gasteiger partial charge in [-0.25, -0.2) is 0 Å². The number of hydrogen-bond acceptors (Lipinski definition) is 4. The van der Waals surface area contributed by atoms with Gasteiger partial charge in [0, 0.05) is 19.6 Å². The number of carbonyl (C=O) groups is 2. The molecule has 2 N–H and O–H groups in total. The zero-order valence-corrected chi connectivity index (χ0v) is 14.8. The van der Waals surface area contributed by atoms with Gasteiger partial charge in [0.25, 0.3) is 0 Å². The number of hydrogen-bond donors (Lipinski definition) is 2. The third-order valence-corrected chi connectivity index (χ3v) is 5.98. The van der Waals surface area contributed by atoms with Gasteiger partial charge in [-0.15, -0.1) is 0 Å². The van der Waals surface area contributed by atoms with Crippen LogP contribution in [0.25, 0.3) is 0 Å². The van der Waals surface area contributed by atoms with Crippen molar-refractivity contribution < 1.29 is 9.59 Å². The van der Waals surface area contributed by atoms with Gasteiger partial charge in [-0.2, -0.15) is 0 Å². The fourth-order valence-electron chi connectivity index (χ4n) is 4.30. The third-order valence-electron chi connectivity index (χ3n) is 5.98. The number of fused-ring (bicyclic) bond motifs is 1. The van der Waals surface area contributed by atoms with Crippen LogP contribution in [0.15, 0.2) is 24.3 Å². The maximum absolute atomic E-state index is 12.8. The Bertz CT molecular complexity index is 682. The van der Waals surface area contributed by atoms with Crippen molar-refractivity contribution in [3.63, 3.8) is 0 Å². The summed E-state index contributed by atoms with van der Waals surface area (Å²) in [5.41, 5.74) is 1.22. The molecule has 2 saturated heterocycles. The van der Waals surface area contributed by atoms with Crippen molar-refractivity contribution in [2.75, 3.05) is 43.4 Å². The van der Waals surface area contributed by atoms with E-state index in [9.17, 15) is 9.59 Å². The molecule has 25 heavy (non-hydrogen) atoms. The second-order valence-corrected chi connectivity index (χ2v) is 7.41. The number of nitrogens with zero attached hydrogens (tertiary/aromatic N) is 2. The summed E-state index contributed by atoms with van der Waals surface area (Å²) >= 11 is 0. The first-order valence-corrected chi connectivity index (χ1v) is 9.31. The Balaban J connectivity index is 1.41. The van der Waals surface area contributed by atoms with Crippen LogP contribution in [0, 0.1) is 5.92 Å². The van der Waals surface area contributed by atoms with E-state index >= 15 is 0 Å². The van der Waals surface area contributed by atoms with E-state index in [4.69, 9.17) is 0 Å². The van der Waals surface area contributed by atoms with Crippen LogP contribution in [-0.4, -0.2) is 59.9 Å². The van der Waals surface area contributed by atoms with Gasteiger partial charge in [0.2, 0.25) is 11.8 Å². The molecule has 2 fully saturated rings. The molecule has 1 aromatic rings. The molecule has 6 nitrogen and oxygen atoms in total. The molecule has 4 rings (SSSR count). The van der Waals surface area contributed by atoms with Crippen LogP contribution in [0.4, 0.5) is 11.4 Å². The Morgan fingerprint density at radius 1 is 1.20 bits per heavy atom. The molecule has 3 heterocycles. The first-order valence-electron chi connectivity index (χ1n) is 9.31. The highest BCUT2D eigenvalue weighted by molar-refractivity contribution is 6.06. The minimum atomic E-state index is -0.587. The number of piperidine rings is 1.